The largest absolute Gasteiger partial charge is 0.448 e. The first-order valence-corrected chi connectivity index (χ1v) is 9.74. The molecule has 1 fully saturated rings. The van der Waals surface area contributed by atoms with E-state index in [0.29, 0.717) is 16.3 Å². The number of halogens is 1. The fraction of sp³-hybridized carbons (Fsp3) is 0.412. The van der Waals surface area contributed by atoms with E-state index < -0.39 is 35.1 Å². The first-order valence-electron chi connectivity index (χ1n) is 8.14. The van der Waals surface area contributed by atoms with Crippen molar-refractivity contribution in [3.8, 4) is 0 Å². The zero-order valence-corrected chi connectivity index (χ0v) is 16.3. The van der Waals surface area contributed by atoms with Crippen molar-refractivity contribution in [2.24, 2.45) is 4.99 Å². The van der Waals surface area contributed by atoms with Gasteiger partial charge in [0.25, 0.3) is 11.8 Å². The second-order valence-electron chi connectivity index (χ2n) is 7.02. The summed E-state index contributed by atoms with van der Waals surface area (Å²) in [5.41, 5.74) is -1.67. The number of amides is 3. The van der Waals surface area contributed by atoms with Crippen LogP contribution in [-0.4, -0.2) is 52.5 Å². The van der Waals surface area contributed by atoms with E-state index in [1.165, 1.54) is 11.8 Å². The molecular formula is C17H16ClN3O5S. The van der Waals surface area contributed by atoms with E-state index in [1.807, 2.05) is 0 Å². The highest BCUT2D eigenvalue weighted by Gasteiger charge is 2.64. The van der Waals surface area contributed by atoms with Gasteiger partial charge in [-0.1, -0.05) is 23.4 Å². The van der Waals surface area contributed by atoms with Crippen molar-refractivity contribution in [2.45, 2.75) is 31.0 Å². The van der Waals surface area contributed by atoms with Gasteiger partial charge in [-0.3, -0.25) is 9.59 Å². The molecule has 2 atom stereocenters. The van der Waals surface area contributed by atoms with Crippen LogP contribution in [0.15, 0.2) is 23.2 Å². The fourth-order valence-electron chi connectivity index (χ4n) is 3.51. The number of nitrogens with one attached hydrogen (secondary N) is 1. The topological polar surface area (TPSA) is 97.3 Å². The summed E-state index contributed by atoms with van der Waals surface area (Å²) in [5, 5.41) is 3.29. The van der Waals surface area contributed by atoms with E-state index in [0.717, 1.165) is 4.90 Å². The van der Waals surface area contributed by atoms with Crippen LogP contribution >= 0.6 is 23.4 Å². The maximum absolute atomic E-state index is 13.4. The Morgan fingerprint density at radius 3 is 2.78 bits per heavy atom. The molecule has 10 heteroatoms. The van der Waals surface area contributed by atoms with Gasteiger partial charge in [-0.2, -0.15) is 0 Å². The number of imide groups is 1. The Kier molecular flexibility index (Phi) is 3.94. The number of rotatable bonds is 1. The van der Waals surface area contributed by atoms with Gasteiger partial charge in [0.1, 0.15) is 6.61 Å². The number of anilines is 1. The lowest BCUT2D eigenvalue weighted by atomic mass is 9.86. The molecule has 1 spiro atoms. The zero-order valence-electron chi connectivity index (χ0n) is 14.7. The fourth-order valence-corrected chi connectivity index (χ4v) is 4.11. The number of cyclic esters (lactones) is 1. The van der Waals surface area contributed by atoms with Crippen molar-refractivity contribution in [1.82, 2.24) is 4.90 Å². The Morgan fingerprint density at radius 1 is 1.41 bits per heavy atom. The minimum atomic E-state index is -1.71. The molecular weight excluding hydrogens is 394 g/mol. The summed E-state index contributed by atoms with van der Waals surface area (Å²) in [6.07, 6.45) is 0.955. The van der Waals surface area contributed by atoms with Gasteiger partial charge in [0, 0.05) is 16.3 Å². The zero-order chi connectivity index (χ0) is 19.6. The molecule has 3 aliphatic heterocycles. The van der Waals surface area contributed by atoms with Crippen molar-refractivity contribution in [1.29, 1.82) is 0 Å². The standard InChI is InChI=1S/C17H16ClN3O5S/c1-16(2)7-25-15(24)21(16)12(22)11-17(26-14(20-11)27-3)9-6-8(18)4-5-10(9)19-13(17)23/h4-6,11H,7H2,1-3H3,(H,19,23)/t11-,17-/m0/s1. The Morgan fingerprint density at radius 2 is 2.15 bits per heavy atom. The van der Waals surface area contributed by atoms with Crippen LogP contribution in [0.1, 0.15) is 19.4 Å². The van der Waals surface area contributed by atoms with Crippen molar-refractivity contribution < 1.29 is 23.9 Å². The average Bonchev–Trinajstić information content (AvgIpc) is 3.22. The van der Waals surface area contributed by atoms with Crippen LogP contribution in [-0.2, 0) is 24.7 Å². The highest BCUT2D eigenvalue weighted by Crippen LogP contribution is 2.48. The van der Waals surface area contributed by atoms with Gasteiger partial charge in [-0.25, -0.2) is 14.7 Å². The summed E-state index contributed by atoms with van der Waals surface area (Å²) >= 11 is 7.29. The first-order chi connectivity index (χ1) is 12.7. The molecule has 4 rings (SSSR count). The molecule has 0 aromatic heterocycles. The van der Waals surface area contributed by atoms with Crippen LogP contribution in [0.2, 0.25) is 5.02 Å². The molecule has 3 aliphatic rings. The molecule has 8 nitrogen and oxygen atoms in total. The van der Waals surface area contributed by atoms with Gasteiger partial charge >= 0.3 is 6.09 Å². The van der Waals surface area contributed by atoms with Crippen molar-refractivity contribution >= 4 is 52.2 Å². The summed E-state index contributed by atoms with van der Waals surface area (Å²) in [6, 6.07) is 3.56. The number of fused-ring (bicyclic) bond motifs is 2. The quantitative estimate of drug-likeness (QED) is 0.764. The number of thioether (sulfide) groups is 1. The maximum atomic E-state index is 13.4. The van der Waals surface area contributed by atoms with E-state index in [4.69, 9.17) is 21.1 Å². The van der Waals surface area contributed by atoms with Crippen LogP contribution in [0.3, 0.4) is 0 Å². The second kappa shape index (κ2) is 5.87. The summed E-state index contributed by atoms with van der Waals surface area (Å²) in [7, 11) is 0. The van der Waals surface area contributed by atoms with E-state index in [2.05, 4.69) is 10.3 Å². The molecule has 27 heavy (non-hydrogen) atoms. The minimum absolute atomic E-state index is 0.0614. The predicted octanol–water partition coefficient (Wildman–Crippen LogP) is 2.36. The summed E-state index contributed by atoms with van der Waals surface area (Å²) in [4.78, 5) is 43.8. The molecule has 142 valence electrons. The lowest BCUT2D eigenvalue weighted by Crippen LogP contribution is -2.56. The lowest BCUT2D eigenvalue weighted by molar-refractivity contribution is -0.144. The Bertz CT molecular complexity index is 918. The summed E-state index contributed by atoms with van der Waals surface area (Å²) < 4.78 is 10.9. The lowest BCUT2D eigenvalue weighted by Gasteiger charge is -2.32. The molecule has 0 saturated carbocycles. The van der Waals surface area contributed by atoms with Gasteiger partial charge in [-0.15, -0.1) is 0 Å². The highest BCUT2D eigenvalue weighted by atomic mass is 35.5. The number of ether oxygens (including phenoxy) is 2. The number of hydrogen-bond donors (Lipinski definition) is 1. The van der Waals surface area contributed by atoms with Crippen LogP contribution in [0.25, 0.3) is 0 Å². The molecule has 0 aliphatic carbocycles. The maximum Gasteiger partial charge on any atom is 0.417 e. The third kappa shape index (κ3) is 2.45. The van der Waals surface area contributed by atoms with Crippen LogP contribution in [0.5, 0.6) is 0 Å². The number of nitrogens with zero attached hydrogens (tertiary/aromatic N) is 2. The van der Waals surface area contributed by atoms with Gasteiger partial charge in [0.2, 0.25) is 10.8 Å². The van der Waals surface area contributed by atoms with Gasteiger partial charge in [0.05, 0.1) is 5.54 Å². The second-order valence-corrected chi connectivity index (χ2v) is 8.22. The van der Waals surface area contributed by atoms with E-state index >= 15 is 0 Å². The summed E-state index contributed by atoms with van der Waals surface area (Å²) in [5.74, 6) is -1.19. The minimum Gasteiger partial charge on any atom is -0.448 e. The van der Waals surface area contributed by atoms with E-state index in [9.17, 15) is 14.4 Å². The number of carbonyl (C=O) groups excluding carboxylic acids is 3. The molecule has 1 aromatic carbocycles. The first kappa shape index (κ1) is 18.1. The smallest absolute Gasteiger partial charge is 0.417 e. The van der Waals surface area contributed by atoms with Gasteiger partial charge < -0.3 is 14.8 Å². The normalized spacial score (nSPS) is 27.9. The Hall–Kier alpha value is -2.26. The Labute approximate surface area is 164 Å². The van der Waals surface area contributed by atoms with Crippen LogP contribution in [0.4, 0.5) is 10.5 Å². The highest BCUT2D eigenvalue weighted by molar-refractivity contribution is 8.13. The number of benzene rings is 1. The molecule has 0 unspecified atom stereocenters. The average molecular weight is 410 g/mol. The van der Waals surface area contributed by atoms with Crippen molar-refractivity contribution in [3.63, 3.8) is 0 Å². The third-order valence-corrected chi connectivity index (χ3v) is 5.57. The van der Waals surface area contributed by atoms with Crippen molar-refractivity contribution in [2.75, 3.05) is 18.2 Å². The SMILES string of the molecule is CSC1=N[C@@H](C(=O)N2C(=O)OCC2(C)C)[C@]2(O1)C(=O)Nc1ccc(Cl)cc12. The molecule has 3 heterocycles. The predicted molar refractivity (Wildman–Crippen MR) is 99.9 cm³/mol. The summed E-state index contributed by atoms with van der Waals surface area (Å²) in [6.45, 7) is 3.47. The molecule has 3 amide bonds. The molecule has 0 bridgehead atoms. The van der Waals surface area contributed by atoms with Crippen LogP contribution < -0.4 is 5.32 Å². The van der Waals surface area contributed by atoms with Gasteiger partial charge in [0.15, 0.2) is 6.04 Å². The third-order valence-electron chi connectivity index (χ3n) is 4.80. The number of hydrogen-bond acceptors (Lipinski definition) is 7. The molecule has 1 aromatic rings. The van der Waals surface area contributed by atoms with E-state index in [1.54, 1.807) is 38.3 Å². The number of carbonyl (C=O) groups is 3. The van der Waals surface area contributed by atoms with Crippen molar-refractivity contribution in [3.05, 3.63) is 28.8 Å². The molecule has 1 N–H and O–H groups in total. The Balaban J connectivity index is 1.85. The molecule has 0 radical (unpaired) electrons. The number of aliphatic imine (C=N–C) groups is 1. The van der Waals surface area contributed by atoms with Gasteiger partial charge in [-0.05, 0) is 38.3 Å². The molecule has 1 saturated heterocycles. The monoisotopic (exact) mass is 409 g/mol. The van der Waals surface area contributed by atoms with Crippen LogP contribution in [0, 0.1) is 0 Å². The van der Waals surface area contributed by atoms with E-state index in [-0.39, 0.29) is 11.8 Å².